The molecule has 0 aliphatic carbocycles. The fraction of sp³-hybridized carbons (Fsp3) is 0. The minimum atomic E-state index is 0.0698. The van der Waals surface area contributed by atoms with E-state index in [1.165, 1.54) is 0 Å². The number of nitrogens with one attached hydrogen (secondary N) is 1. The molecule has 0 unspecified atom stereocenters. The van der Waals surface area contributed by atoms with Gasteiger partial charge >= 0.3 is 0 Å². The van der Waals surface area contributed by atoms with Gasteiger partial charge in [-0.25, -0.2) is 4.68 Å². The van der Waals surface area contributed by atoms with Gasteiger partial charge in [0.15, 0.2) is 5.82 Å². The second kappa shape index (κ2) is 9.22. The molecular weight excluding hydrogens is 434 g/mol. The number of aromatic nitrogens is 4. The summed E-state index contributed by atoms with van der Waals surface area (Å²) < 4.78 is 1.92. The van der Waals surface area contributed by atoms with Crippen LogP contribution in [0.25, 0.3) is 39.9 Å². The lowest BCUT2D eigenvalue weighted by atomic mass is 10.1. The van der Waals surface area contributed by atoms with Gasteiger partial charge < -0.3 is 5.73 Å². The number of rotatable bonds is 5. The number of H-pyrrole nitrogens is 1. The maximum atomic E-state index is 9.65. The molecule has 0 aliphatic rings. The molecule has 0 amide bonds. The zero-order valence-electron chi connectivity index (χ0n) is 18.6. The molecule has 7 nitrogen and oxygen atoms in total. The number of nitrogen functional groups attached to an aromatic ring is 1. The SMILES string of the molecule is N#C/C(=C\c1ccc(-n2nc(-c3ccccc3)cc2-c2ccccc2)cc1)c1[nH]nc(N)c1C#N. The first-order valence-electron chi connectivity index (χ1n) is 10.9. The Morgan fingerprint density at radius 1 is 0.886 bits per heavy atom. The molecule has 0 atom stereocenters. The lowest BCUT2D eigenvalue weighted by molar-refractivity contribution is 0.892. The van der Waals surface area contributed by atoms with E-state index in [9.17, 15) is 10.5 Å². The smallest absolute Gasteiger partial charge is 0.163 e. The molecule has 0 spiro atoms. The van der Waals surface area contributed by atoms with Crippen LogP contribution in [0.5, 0.6) is 0 Å². The number of hydrogen-bond donors (Lipinski definition) is 2. The highest BCUT2D eigenvalue weighted by molar-refractivity contribution is 5.91. The number of nitrogens with zero attached hydrogens (tertiary/aromatic N) is 5. The van der Waals surface area contributed by atoms with E-state index in [4.69, 9.17) is 10.8 Å². The molecule has 5 aromatic rings. The highest BCUT2D eigenvalue weighted by atomic mass is 15.3. The maximum Gasteiger partial charge on any atom is 0.163 e. The van der Waals surface area contributed by atoms with Crippen molar-refractivity contribution in [2.75, 3.05) is 5.73 Å². The fourth-order valence-corrected chi connectivity index (χ4v) is 3.85. The van der Waals surface area contributed by atoms with Crippen LogP contribution < -0.4 is 5.73 Å². The Kier molecular flexibility index (Phi) is 5.65. The van der Waals surface area contributed by atoms with Crippen molar-refractivity contribution in [2.45, 2.75) is 0 Å². The minimum Gasteiger partial charge on any atom is -0.381 e. The molecule has 166 valence electrons. The second-order valence-electron chi connectivity index (χ2n) is 7.79. The van der Waals surface area contributed by atoms with Crippen molar-refractivity contribution in [3.05, 3.63) is 108 Å². The first kappa shape index (κ1) is 21.4. The molecule has 3 N–H and O–H groups in total. The lowest BCUT2D eigenvalue weighted by Crippen LogP contribution is -1.99. The van der Waals surface area contributed by atoms with E-state index in [0.717, 1.165) is 33.8 Å². The van der Waals surface area contributed by atoms with Gasteiger partial charge in [0.1, 0.15) is 17.7 Å². The van der Waals surface area contributed by atoms with Gasteiger partial charge in [-0.15, -0.1) is 0 Å². The van der Waals surface area contributed by atoms with Crippen molar-refractivity contribution in [1.29, 1.82) is 10.5 Å². The summed E-state index contributed by atoms with van der Waals surface area (Å²) in [6, 6.07) is 34.0. The highest BCUT2D eigenvalue weighted by Crippen LogP contribution is 2.29. The normalized spacial score (nSPS) is 11.1. The van der Waals surface area contributed by atoms with Gasteiger partial charge in [0.25, 0.3) is 0 Å². The first-order chi connectivity index (χ1) is 17.2. The highest BCUT2D eigenvalue weighted by Gasteiger charge is 2.15. The van der Waals surface area contributed by atoms with Crippen molar-refractivity contribution < 1.29 is 0 Å². The number of benzene rings is 3. The van der Waals surface area contributed by atoms with Crippen LogP contribution in [0.15, 0.2) is 91.0 Å². The molecule has 0 aliphatic heterocycles. The molecule has 0 saturated carbocycles. The van der Waals surface area contributed by atoms with Gasteiger partial charge in [-0.2, -0.15) is 20.7 Å². The van der Waals surface area contributed by atoms with Gasteiger partial charge in [0, 0.05) is 11.1 Å². The quantitative estimate of drug-likeness (QED) is 0.343. The zero-order valence-corrected chi connectivity index (χ0v) is 18.6. The van der Waals surface area contributed by atoms with E-state index in [1.54, 1.807) is 6.08 Å². The van der Waals surface area contributed by atoms with Crippen molar-refractivity contribution in [2.24, 2.45) is 0 Å². The average Bonchev–Trinajstić information content (AvgIpc) is 3.52. The number of allylic oxidation sites excluding steroid dienone is 1. The topological polar surface area (TPSA) is 120 Å². The minimum absolute atomic E-state index is 0.0698. The Bertz CT molecular complexity index is 1590. The molecular formula is C28H19N7. The van der Waals surface area contributed by atoms with Crippen LogP contribution in [0.4, 0.5) is 5.82 Å². The van der Waals surface area contributed by atoms with Gasteiger partial charge in [0.2, 0.25) is 0 Å². The predicted molar refractivity (Wildman–Crippen MR) is 136 cm³/mol. The third-order valence-corrected chi connectivity index (χ3v) is 5.59. The molecule has 0 radical (unpaired) electrons. The molecule has 3 aromatic carbocycles. The summed E-state index contributed by atoms with van der Waals surface area (Å²) in [6.07, 6.45) is 1.69. The standard InChI is InChI=1S/C28H19N7/c29-17-22(27-24(18-30)28(31)33-32-27)15-19-11-13-23(14-12-19)35-26(21-9-5-2-6-10-21)16-25(34-35)20-7-3-1-4-8-20/h1-16H,(H3,31,32,33)/b22-15+. The maximum absolute atomic E-state index is 9.65. The van der Waals surface area contributed by atoms with Gasteiger partial charge in [-0.05, 0) is 29.8 Å². The largest absolute Gasteiger partial charge is 0.381 e. The molecule has 35 heavy (non-hydrogen) atoms. The summed E-state index contributed by atoms with van der Waals surface area (Å²) >= 11 is 0. The summed E-state index contributed by atoms with van der Waals surface area (Å²) in [6.45, 7) is 0. The van der Waals surface area contributed by atoms with Crippen molar-refractivity contribution in [1.82, 2.24) is 20.0 Å². The van der Waals surface area contributed by atoms with E-state index >= 15 is 0 Å². The van der Waals surface area contributed by atoms with Crippen molar-refractivity contribution in [3.63, 3.8) is 0 Å². The van der Waals surface area contributed by atoms with Gasteiger partial charge in [0.05, 0.1) is 28.3 Å². The van der Waals surface area contributed by atoms with Crippen LogP contribution in [0.3, 0.4) is 0 Å². The number of anilines is 1. The van der Waals surface area contributed by atoms with Crippen LogP contribution in [-0.4, -0.2) is 20.0 Å². The summed E-state index contributed by atoms with van der Waals surface area (Å²) in [5.41, 5.74) is 12.1. The summed E-state index contributed by atoms with van der Waals surface area (Å²) in [7, 11) is 0. The Balaban J connectivity index is 1.55. The van der Waals surface area contributed by atoms with E-state index in [2.05, 4.69) is 34.5 Å². The fourth-order valence-electron chi connectivity index (χ4n) is 3.85. The second-order valence-corrected chi connectivity index (χ2v) is 7.79. The van der Waals surface area contributed by atoms with E-state index < -0.39 is 0 Å². The van der Waals surface area contributed by atoms with Crippen LogP contribution in [-0.2, 0) is 0 Å². The molecule has 5 rings (SSSR count). The van der Waals surface area contributed by atoms with Crippen molar-refractivity contribution in [3.8, 4) is 40.3 Å². The van der Waals surface area contributed by atoms with E-state index in [-0.39, 0.29) is 17.0 Å². The van der Waals surface area contributed by atoms with Crippen LogP contribution in [0, 0.1) is 22.7 Å². The van der Waals surface area contributed by atoms with Gasteiger partial charge in [-0.1, -0.05) is 72.8 Å². The van der Waals surface area contributed by atoms with Crippen molar-refractivity contribution >= 4 is 17.5 Å². The molecule has 0 fully saturated rings. The molecule has 0 saturated heterocycles. The Morgan fingerprint density at radius 2 is 1.54 bits per heavy atom. The Hall–Kier alpha value is -5.40. The lowest BCUT2D eigenvalue weighted by Gasteiger charge is -2.08. The number of nitriles is 2. The average molecular weight is 454 g/mol. The summed E-state index contributed by atoms with van der Waals surface area (Å²) in [5.74, 6) is 0.0698. The first-order valence-corrected chi connectivity index (χ1v) is 10.9. The summed E-state index contributed by atoms with van der Waals surface area (Å²) in [4.78, 5) is 0. The predicted octanol–water partition coefficient (Wildman–Crippen LogP) is 5.45. The molecule has 0 bridgehead atoms. The number of aromatic amines is 1. The van der Waals surface area contributed by atoms with Gasteiger partial charge in [-0.3, -0.25) is 5.10 Å². The van der Waals surface area contributed by atoms with Crippen LogP contribution in [0.2, 0.25) is 0 Å². The summed E-state index contributed by atoms with van der Waals surface area (Å²) in [5, 5.41) is 30.4. The number of hydrogen-bond acceptors (Lipinski definition) is 5. The monoisotopic (exact) mass is 453 g/mol. The zero-order chi connectivity index (χ0) is 24.2. The third kappa shape index (κ3) is 4.18. The Morgan fingerprint density at radius 3 is 2.17 bits per heavy atom. The number of nitrogens with two attached hydrogens (primary N) is 1. The molecule has 7 heteroatoms. The van der Waals surface area contributed by atoms with E-state index in [0.29, 0.717) is 5.69 Å². The van der Waals surface area contributed by atoms with Crippen LogP contribution >= 0.6 is 0 Å². The molecule has 2 aromatic heterocycles. The molecule has 2 heterocycles. The van der Waals surface area contributed by atoms with Crippen LogP contribution in [0.1, 0.15) is 16.8 Å². The van der Waals surface area contributed by atoms with E-state index in [1.807, 2.05) is 83.5 Å². The third-order valence-electron chi connectivity index (χ3n) is 5.59. The Labute approximate surface area is 202 Å².